The van der Waals surface area contributed by atoms with Crippen LogP contribution in [0.4, 0.5) is 0 Å². The van der Waals surface area contributed by atoms with E-state index < -0.39 is 0 Å². The summed E-state index contributed by atoms with van der Waals surface area (Å²) in [4.78, 5) is 4.63. The molecule has 0 fully saturated rings. The summed E-state index contributed by atoms with van der Waals surface area (Å²) in [6, 6.07) is 20.8. The van der Waals surface area contributed by atoms with Crippen LogP contribution >= 0.6 is 11.8 Å². The summed E-state index contributed by atoms with van der Waals surface area (Å²) in [6.07, 6.45) is 1.97. The lowest BCUT2D eigenvalue weighted by molar-refractivity contribution is 0.893. The first-order valence-corrected chi connectivity index (χ1v) is 7.99. The van der Waals surface area contributed by atoms with E-state index in [0.717, 1.165) is 16.5 Å². The van der Waals surface area contributed by atoms with Crippen LogP contribution in [0.25, 0.3) is 16.9 Å². The molecule has 0 unspecified atom stereocenters. The number of para-hydroxylation sites is 1. The first-order valence-electron chi connectivity index (χ1n) is 7.11. The number of nitrogens with zero attached hydrogens (tertiary/aromatic N) is 2. The summed E-state index contributed by atoms with van der Waals surface area (Å²) < 4.78 is 2.24. The summed E-state index contributed by atoms with van der Waals surface area (Å²) >= 11 is 1.79. The maximum Gasteiger partial charge on any atom is 0.173 e. The number of aromatic nitrogens is 2. The van der Waals surface area contributed by atoms with E-state index in [-0.39, 0.29) is 0 Å². The summed E-state index contributed by atoms with van der Waals surface area (Å²) in [5.74, 6) is 0. The lowest BCUT2D eigenvalue weighted by Gasteiger charge is -2.13. The molecule has 0 N–H and O–H groups in total. The summed E-state index contributed by atoms with van der Waals surface area (Å²) in [5, 5.41) is 1.54. The van der Waals surface area contributed by atoms with Gasteiger partial charge in [0.1, 0.15) is 0 Å². The standard InChI is InChI=1S/C18H18N2S/c1-14(2)21-18-19-13-17(15-9-5-3-6-10-15)20(18)16-11-7-4-8-12-16/h3-14H,1-2H3. The van der Waals surface area contributed by atoms with Crippen molar-refractivity contribution >= 4 is 11.8 Å². The van der Waals surface area contributed by atoms with Gasteiger partial charge in [-0.15, -0.1) is 0 Å². The highest BCUT2D eigenvalue weighted by atomic mass is 32.2. The van der Waals surface area contributed by atoms with Gasteiger partial charge in [-0.05, 0) is 12.1 Å². The minimum Gasteiger partial charge on any atom is -0.287 e. The second-order valence-electron chi connectivity index (χ2n) is 5.13. The van der Waals surface area contributed by atoms with Gasteiger partial charge in [-0.2, -0.15) is 0 Å². The second kappa shape index (κ2) is 6.19. The predicted molar refractivity (Wildman–Crippen MR) is 90.0 cm³/mol. The molecular formula is C18H18N2S. The number of rotatable bonds is 4. The van der Waals surface area contributed by atoms with Crippen molar-refractivity contribution in [2.45, 2.75) is 24.3 Å². The number of thioether (sulfide) groups is 1. The molecule has 106 valence electrons. The highest BCUT2D eigenvalue weighted by Crippen LogP contribution is 2.31. The van der Waals surface area contributed by atoms with Gasteiger partial charge in [0, 0.05) is 16.5 Å². The number of hydrogen-bond acceptors (Lipinski definition) is 2. The largest absolute Gasteiger partial charge is 0.287 e. The Kier molecular flexibility index (Phi) is 4.11. The van der Waals surface area contributed by atoms with Crippen molar-refractivity contribution in [1.82, 2.24) is 9.55 Å². The molecule has 0 spiro atoms. The molecule has 1 aromatic heterocycles. The first kappa shape index (κ1) is 14.0. The SMILES string of the molecule is CC(C)Sc1ncc(-c2ccccc2)n1-c1ccccc1. The van der Waals surface area contributed by atoms with E-state index in [4.69, 9.17) is 0 Å². The summed E-state index contributed by atoms with van der Waals surface area (Å²) in [6.45, 7) is 4.38. The van der Waals surface area contributed by atoms with Gasteiger partial charge in [-0.1, -0.05) is 74.1 Å². The van der Waals surface area contributed by atoms with Crippen molar-refractivity contribution < 1.29 is 0 Å². The van der Waals surface area contributed by atoms with E-state index in [1.54, 1.807) is 11.8 Å². The van der Waals surface area contributed by atoms with E-state index in [2.05, 4.69) is 71.9 Å². The average Bonchev–Trinajstić information content (AvgIpc) is 2.92. The molecule has 0 atom stereocenters. The third-order valence-corrected chi connectivity index (χ3v) is 4.12. The minimum atomic E-state index is 0.499. The zero-order chi connectivity index (χ0) is 14.7. The van der Waals surface area contributed by atoms with Crippen molar-refractivity contribution in [2.24, 2.45) is 0 Å². The zero-order valence-electron chi connectivity index (χ0n) is 12.2. The van der Waals surface area contributed by atoms with Gasteiger partial charge in [-0.25, -0.2) is 4.98 Å². The van der Waals surface area contributed by atoms with Crippen LogP contribution in [0.1, 0.15) is 13.8 Å². The van der Waals surface area contributed by atoms with Crippen LogP contribution in [0.5, 0.6) is 0 Å². The molecule has 0 saturated heterocycles. The van der Waals surface area contributed by atoms with Crippen LogP contribution in [0.15, 0.2) is 72.0 Å². The minimum absolute atomic E-state index is 0.499. The Balaban J connectivity index is 2.15. The predicted octanol–water partition coefficient (Wildman–Crippen LogP) is 5.04. The van der Waals surface area contributed by atoms with Crippen molar-refractivity contribution in [1.29, 1.82) is 0 Å². The number of imidazole rings is 1. The molecule has 0 aliphatic heterocycles. The Bertz CT molecular complexity index is 703. The smallest absolute Gasteiger partial charge is 0.173 e. The van der Waals surface area contributed by atoms with Crippen molar-refractivity contribution in [3.05, 3.63) is 66.9 Å². The monoisotopic (exact) mass is 294 g/mol. The van der Waals surface area contributed by atoms with Gasteiger partial charge in [0.05, 0.1) is 11.9 Å². The Morgan fingerprint density at radius 1 is 0.905 bits per heavy atom. The lowest BCUT2D eigenvalue weighted by atomic mass is 10.1. The molecule has 2 nitrogen and oxygen atoms in total. The molecule has 0 amide bonds. The molecule has 1 heterocycles. The van der Waals surface area contributed by atoms with Crippen LogP contribution in [0.3, 0.4) is 0 Å². The van der Waals surface area contributed by atoms with E-state index in [1.165, 1.54) is 5.56 Å². The van der Waals surface area contributed by atoms with E-state index in [1.807, 2.05) is 18.3 Å². The Labute approximate surface area is 129 Å². The highest BCUT2D eigenvalue weighted by Gasteiger charge is 2.14. The topological polar surface area (TPSA) is 17.8 Å². The van der Waals surface area contributed by atoms with Crippen molar-refractivity contribution in [3.8, 4) is 16.9 Å². The fourth-order valence-corrected chi connectivity index (χ4v) is 3.11. The maximum atomic E-state index is 4.63. The highest BCUT2D eigenvalue weighted by molar-refractivity contribution is 7.99. The molecule has 3 aromatic rings. The molecule has 0 aliphatic carbocycles. The van der Waals surface area contributed by atoms with Crippen LogP contribution < -0.4 is 0 Å². The molecule has 21 heavy (non-hydrogen) atoms. The van der Waals surface area contributed by atoms with Gasteiger partial charge in [0.25, 0.3) is 0 Å². The third-order valence-electron chi connectivity index (χ3n) is 3.15. The van der Waals surface area contributed by atoms with Gasteiger partial charge < -0.3 is 0 Å². The zero-order valence-corrected chi connectivity index (χ0v) is 13.0. The van der Waals surface area contributed by atoms with Crippen molar-refractivity contribution in [2.75, 3.05) is 0 Å². The normalized spacial score (nSPS) is 11.0. The van der Waals surface area contributed by atoms with Crippen molar-refractivity contribution in [3.63, 3.8) is 0 Å². The molecule has 0 bridgehead atoms. The van der Waals surface area contributed by atoms with Gasteiger partial charge in [0.15, 0.2) is 5.16 Å². The second-order valence-corrected chi connectivity index (χ2v) is 6.67. The molecular weight excluding hydrogens is 276 g/mol. The fraction of sp³-hybridized carbons (Fsp3) is 0.167. The summed E-state index contributed by atoms with van der Waals surface area (Å²) in [7, 11) is 0. The van der Waals surface area contributed by atoms with Crippen LogP contribution in [0.2, 0.25) is 0 Å². The van der Waals surface area contributed by atoms with Crippen LogP contribution in [-0.4, -0.2) is 14.8 Å². The quantitative estimate of drug-likeness (QED) is 0.627. The maximum absolute atomic E-state index is 4.63. The van der Waals surface area contributed by atoms with E-state index in [0.29, 0.717) is 5.25 Å². The van der Waals surface area contributed by atoms with Gasteiger partial charge >= 0.3 is 0 Å². The lowest BCUT2D eigenvalue weighted by Crippen LogP contribution is -2.00. The fourth-order valence-electron chi connectivity index (χ4n) is 2.27. The van der Waals surface area contributed by atoms with Gasteiger partial charge in [-0.3, -0.25) is 4.57 Å². The van der Waals surface area contributed by atoms with E-state index >= 15 is 0 Å². The average molecular weight is 294 g/mol. The third kappa shape index (κ3) is 3.03. The molecule has 0 radical (unpaired) electrons. The number of hydrogen-bond donors (Lipinski definition) is 0. The molecule has 0 aliphatic rings. The van der Waals surface area contributed by atoms with E-state index in [9.17, 15) is 0 Å². The first-order chi connectivity index (χ1) is 10.3. The Morgan fingerprint density at radius 2 is 1.52 bits per heavy atom. The Hall–Kier alpha value is -2.00. The molecule has 3 heteroatoms. The van der Waals surface area contributed by atoms with Crippen LogP contribution in [-0.2, 0) is 0 Å². The van der Waals surface area contributed by atoms with Gasteiger partial charge in [0.2, 0.25) is 0 Å². The molecule has 0 saturated carbocycles. The Morgan fingerprint density at radius 3 is 2.14 bits per heavy atom. The molecule has 2 aromatic carbocycles. The number of benzene rings is 2. The molecule has 3 rings (SSSR count). The summed E-state index contributed by atoms with van der Waals surface area (Å²) in [5.41, 5.74) is 3.46. The van der Waals surface area contributed by atoms with Crippen LogP contribution in [0, 0.1) is 0 Å².